The molecule has 0 bridgehead atoms. The van der Waals surface area contributed by atoms with Gasteiger partial charge in [-0.15, -0.1) is 0 Å². The van der Waals surface area contributed by atoms with Crippen LogP contribution in [0.2, 0.25) is 0 Å². The molecule has 1 aromatic rings. The third-order valence-corrected chi connectivity index (χ3v) is 3.93. The van der Waals surface area contributed by atoms with Crippen LogP contribution in [0.5, 0.6) is 0 Å². The number of hydrogen-bond acceptors (Lipinski definition) is 1. The fourth-order valence-electron chi connectivity index (χ4n) is 0.675. The van der Waals surface area contributed by atoms with E-state index in [0.29, 0.717) is 0 Å². The summed E-state index contributed by atoms with van der Waals surface area (Å²) >= 11 is 4.54. The van der Waals surface area contributed by atoms with Crippen LogP contribution in [0.3, 0.4) is 0 Å². The summed E-state index contributed by atoms with van der Waals surface area (Å²) in [4.78, 5) is 0. The molecular weight excluding hydrogens is 366 g/mol. The lowest BCUT2D eigenvalue weighted by Crippen LogP contribution is -2.22. The lowest BCUT2D eigenvalue weighted by molar-refractivity contribution is 0.354. The van der Waals surface area contributed by atoms with E-state index in [1.807, 2.05) is 4.68 Å². The fourth-order valence-corrected chi connectivity index (χ4v) is 1.42. The van der Waals surface area contributed by atoms with Crippen LogP contribution in [0.25, 0.3) is 0 Å². The first-order valence-corrected chi connectivity index (χ1v) is 5.48. The minimum atomic E-state index is 0.101. The molecule has 0 atom stereocenters. The van der Waals surface area contributed by atoms with Crippen LogP contribution < -0.4 is 0 Å². The van der Waals surface area contributed by atoms with Gasteiger partial charge in [-0.25, -0.2) is 0 Å². The van der Waals surface area contributed by atoms with Crippen molar-refractivity contribution in [2.75, 3.05) is 0 Å². The van der Waals surface area contributed by atoms with Crippen molar-refractivity contribution < 1.29 is 0 Å². The van der Waals surface area contributed by atoms with Crippen molar-refractivity contribution in [3.05, 3.63) is 13.5 Å². The van der Waals surface area contributed by atoms with Crippen molar-refractivity contribution in [3.63, 3.8) is 0 Å². The van der Waals surface area contributed by atoms with Gasteiger partial charge in [0.1, 0.15) is 3.70 Å². The molecule has 2 nitrogen and oxygen atoms in total. The summed E-state index contributed by atoms with van der Waals surface area (Å²) < 4.78 is 4.30. The predicted molar refractivity (Wildman–Crippen MR) is 62.7 cm³/mol. The van der Waals surface area contributed by atoms with Crippen molar-refractivity contribution in [2.24, 2.45) is 0 Å². The van der Waals surface area contributed by atoms with Gasteiger partial charge in [-0.3, -0.25) is 4.68 Å². The molecule has 1 aromatic heterocycles. The highest BCUT2D eigenvalue weighted by Gasteiger charge is 2.15. The van der Waals surface area contributed by atoms with Gasteiger partial charge < -0.3 is 0 Å². The van der Waals surface area contributed by atoms with Crippen LogP contribution in [-0.2, 0) is 5.54 Å². The van der Waals surface area contributed by atoms with Gasteiger partial charge in [0.15, 0.2) is 0 Å². The number of aromatic nitrogens is 2. The van der Waals surface area contributed by atoms with Crippen molar-refractivity contribution in [1.29, 1.82) is 0 Å². The van der Waals surface area contributed by atoms with Gasteiger partial charge in [0.2, 0.25) is 0 Å². The normalized spacial score (nSPS) is 12.1. The summed E-state index contributed by atoms with van der Waals surface area (Å²) in [5, 5.41) is 4.38. The molecule has 0 amide bonds. The predicted octanol–water partition coefficient (Wildman–Crippen LogP) is 2.85. The Balaban J connectivity index is 3.08. The second-order valence-corrected chi connectivity index (χ2v) is 5.57. The third-order valence-electron chi connectivity index (χ3n) is 1.32. The molecule has 0 aromatic carbocycles. The van der Waals surface area contributed by atoms with Crippen LogP contribution in [0.1, 0.15) is 20.8 Å². The maximum atomic E-state index is 4.38. The highest BCUT2D eigenvalue weighted by molar-refractivity contribution is 14.1. The average Bonchev–Trinajstić information content (AvgIpc) is 2.11. The molecule has 62 valence electrons. The van der Waals surface area contributed by atoms with E-state index in [1.54, 1.807) is 0 Å². The van der Waals surface area contributed by atoms with E-state index >= 15 is 0 Å². The first kappa shape index (κ1) is 9.76. The summed E-state index contributed by atoms with van der Waals surface area (Å²) in [6.45, 7) is 6.44. The summed E-state index contributed by atoms with van der Waals surface area (Å²) in [5.74, 6) is 0. The second kappa shape index (κ2) is 3.20. The van der Waals surface area contributed by atoms with E-state index in [1.165, 1.54) is 3.57 Å². The largest absolute Gasteiger partial charge is 0.265 e. The van der Waals surface area contributed by atoms with Gasteiger partial charge >= 0.3 is 0 Å². The Labute approximate surface area is 94.0 Å². The van der Waals surface area contributed by atoms with Gasteiger partial charge in [0.25, 0.3) is 0 Å². The molecule has 1 rings (SSSR count). The standard InChI is InChI=1S/C7H10I2N2/c1-7(2,3)11-4-5(8)6(9)10-11/h4H,1-3H3. The molecule has 0 unspecified atom stereocenters. The van der Waals surface area contributed by atoms with Gasteiger partial charge in [0.05, 0.1) is 9.11 Å². The van der Waals surface area contributed by atoms with E-state index in [0.717, 1.165) is 3.70 Å². The molecule has 4 heteroatoms. The quantitative estimate of drug-likeness (QED) is 0.637. The van der Waals surface area contributed by atoms with Crippen molar-refractivity contribution in [3.8, 4) is 0 Å². The molecule has 0 saturated carbocycles. The zero-order valence-corrected chi connectivity index (χ0v) is 11.0. The first-order chi connectivity index (χ1) is 4.91. The van der Waals surface area contributed by atoms with Gasteiger partial charge in [-0.05, 0) is 66.0 Å². The monoisotopic (exact) mass is 376 g/mol. The van der Waals surface area contributed by atoms with Crippen molar-refractivity contribution in [1.82, 2.24) is 9.78 Å². The Bertz CT molecular complexity index is 240. The zero-order valence-electron chi connectivity index (χ0n) is 6.73. The maximum absolute atomic E-state index is 4.38. The topological polar surface area (TPSA) is 17.8 Å². The lowest BCUT2D eigenvalue weighted by Gasteiger charge is -2.18. The molecule has 0 aliphatic heterocycles. The molecule has 1 heterocycles. The fraction of sp³-hybridized carbons (Fsp3) is 0.571. The molecular formula is C7H10I2N2. The summed E-state index contributed by atoms with van der Waals surface area (Å²) in [6.07, 6.45) is 2.07. The van der Waals surface area contributed by atoms with Crippen LogP contribution >= 0.6 is 45.2 Å². The Hall–Kier alpha value is 0.670. The first-order valence-electron chi connectivity index (χ1n) is 3.32. The van der Waals surface area contributed by atoms with Crippen molar-refractivity contribution in [2.45, 2.75) is 26.3 Å². The Morgan fingerprint density at radius 1 is 1.36 bits per heavy atom. The second-order valence-electron chi connectivity index (χ2n) is 3.38. The van der Waals surface area contributed by atoms with E-state index in [4.69, 9.17) is 0 Å². The molecule has 0 radical (unpaired) electrons. The van der Waals surface area contributed by atoms with E-state index in [9.17, 15) is 0 Å². The van der Waals surface area contributed by atoms with Crippen LogP contribution in [-0.4, -0.2) is 9.78 Å². The molecule has 0 spiro atoms. The molecule has 0 aliphatic carbocycles. The summed E-state index contributed by atoms with van der Waals surface area (Å²) in [7, 11) is 0. The van der Waals surface area contributed by atoms with Crippen LogP contribution in [0.15, 0.2) is 6.20 Å². The minimum Gasteiger partial charge on any atom is -0.265 e. The zero-order chi connectivity index (χ0) is 8.65. The molecule has 0 saturated heterocycles. The average molecular weight is 376 g/mol. The van der Waals surface area contributed by atoms with E-state index in [-0.39, 0.29) is 5.54 Å². The number of halogens is 2. The van der Waals surface area contributed by atoms with Crippen LogP contribution in [0, 0.1) is 7.27 Å². The highest BCUT2D eigenvalue weighted by atomic mass is 127. The van der Waals surface area contributed by atoms with E-state index < -0.39 is 0 Å². The maximum Gasteiger partial charge on any atom is 0.136 e. The highest BCUT2D eigenvalue weighted by Crippen LogP contribution is 2.18. The number of nitrogens with zero attached hydrogens (tertiary/aromatic N) is 2. The molecule has 11 heavy (non-hydrogen) atoms. The Kier molecular flexibility index (Phi) is 2.83. The SMILES string of the molecule is CC(C)(C)n1cc(I)c(I)n1. The Morgan fingerprint density at radius 3 is 2.09 bits per heavy atom. The smallest absolute Gasteiger partial charge is 0.136 e. The van der Waals surface area contributed by atoms with Gasteiger partial charge in [-0.1, -0.05) is 0 Å². The van der Waals surface area contributed by atoms with Crippen molar-refractivity contribution >= 4 is 45.2 Å². The summed E-state index contributed by atoms with van der Waals surface area (Å²) in [5.41, 5.74) is 0.101. The summed E-state index contributed by atoms with van der Waals surface area (Å²) in [6, 6.07) is 0. The molecule has 0 aliphatic rings. The number of rotatable bonds is 0. The van der Waals surface area contributed by atoms with Gasteiger partial charge in [-0.2, -0.15) is 5.10 Å². The Morgan fingerprint density at radius 2 is 1.91 bits per heavy atom. The molecule has 0 fully saturated rings. The van der Waals surface area contributed by atoms with Gasteiger partial charge in [0, 0.05) is 6.20 Å². The number of hydrogen-bond donors (Lipinski definition) is 0. The molecule has 0 N–H and O–H groups in total. The van der Waals surface area contributed by atoms with E-state index in [2.05, 4.69) is 77.2 Å². The third kappa shape index (κ3) is 2.30. The minimum absolute atomic E-state index is 0.101. The lowest BCUT2D eigenvalue weighted by atomic mass is 10.1. The van der Waals surface area contributed by atoms with Crippen LogP contribution in [0.4, 0.5) is 0 Å².